The molecule has 1 atom stereocenters. The Labute approximate surface area is 114 Å². The summed E-state index contributed by atoms with van der Waals surface area (Å²) in [6.45, 7) is 5.61. The van der Waals surface area contributed by atoms with Gasteiger partial charge in [-0.05, 0) is 33.1 Å². The highest BCUT2D eigenvalue weighted by molar-refractivity contribution is 5.80. The number of hydrogen-bond donors (Lipinski definition) is 2. The number of aliphatic hydroxyl groups excluding tert-OH is 1. The maximum absolute atomic E-state index is 12.5. The van der Waals surface area contributed by atoms with E-state index in [9.17, 15) is 9.59 Å². The molecule has 6 heteroatoms. The van der Waals surface area contributed by atoms with Crippen molar-refractivity contribution in [2.75, 3.05) is 26.2 Å². The van der Waals surface area contributed by atoms with Crippen LogP contribution in [0, 0.1) is 5.92 Å². The lowest BCUT2D eigenvalue weighted by Crippen LogP contribution is -2.50. The highest BCUT2D eigenvalue weighted by Gasteiger charge is 2.31. The van der Waals surface area contributed by atoms with Crippen LogP contribution in [0.1, 0.15) is 33.1 Å². The fourth-order valence-electron chi connectivity index (χ4n) is 2.48. The van der Waals surface area contributed by atoms with Crippen molar-refractivity contribution in [3.05, 3.63) is 0 Å². The van der Waals surface area contributed by atoms with Gasteiger partial charge in [0, 0.05) is 32.3 Å². The topological polar surface area (TPSA) is 86.9 Å². The van der Waals surface area contributed by atoms with Gasteiger partial charge in [-0.15, -0.1) is 0 Å². The molecule has 1 rings (SSSR count). The third-order valence-corrected chi connectivity index (χ3v) is 3.55. The molecule has 1 saturated heterocycles. The van der Waals surface area contributed by atoms with E-state index in [0.717, 1.165) is 12.8 Å². The summed E-state index contributed by atoms with van der Waals surface area (Å²) in [4.78, 5) is 27.0. The SMILES string of the molecule is CC(C)N(CCCO)C(=O)C1CCCN(C(N)=O)C1. The number of carbonyl (C=O) groups is 2. The van der Waals surface area contributed by atoms with Gasteiger partial charge in [0.25, 0.3) is 0 Å². The predicted molar refractivity (Wildman–Crippen MR) is 72.4 cm³/mol. The molecule has 110 valence electrons. The lowest BCUT2D eigenvalue weighted by molar-refractivity contribution is -0.138. The average molecular weight is 271 g/mol. The summed E-state index contributed by atoms with van der Waals surface area (Å²) in [5, 5.41) is 8.90. The van der Waals surface area contributed by atoms with Crippen molar-refractivity contribution in [2.45, 2.75) is 39.2 Å². The lowest BCUT2D eigenvalue weighted by atomic mass is 9.96. The minimum Gasteiger partial charge on any atom is -0.396 e. The van der Waals surface area contributed by atoms with Crippen molar-refractivity contribution in [1.29, 1.82) is 0 Å². The molecule has 1 heterocycles. The number of nitrogens with two attached hydrogens (primary N) is 1. The van der Waals surface area contributed by atoms with E-state index in [-0.39, 0.29) is 24.5 Å². The normalized spacial score (nSPS) is 19.6. The van der Waals surface area contributed by atoms with E-state index in [1.165, 1.54) is 4.90 Å². The molecule has 1 unspecified atom stereocenters. The summed E-state index contributed by atoms with van der Waals surface area (Å²) < 4.78 is 0. The Hall–Kier alpha value is -1.30. The number of aliphatic hydroxyl groups is 1. The number of urea groups is 1. The van der Waals surface area contributed by atoms with Gasteiger partial charge in [0.2, 0.25) is 5.91 Å². The van der Waals surface area contributed by atoms with Crippen LogP contribution in [0.4, 0.5) is 4.79 Å². The van der Waals surface area contributed by atoms with Crippen molar-refractivity contribution < 1.29 is 14.7 Å². The van der Waals surface area contributed by atoms with E-state index in [2.05, 4.69) is 0 Å². The van der Waals surface area contributed by atoms with Crippen LogP contribution in [0.25, 0.3) is 0 Å². The van der Waals surface area contributed by atoms with Gasteiger partial charge in [-0.1, -0.05) is 0 Å². The van der Waals surface area contributed by atoms with Gasteiger partial charge in [-0.2, -0.15) is 0 Å². The zero-order valence-corrected chi connectivity index (χ0v) is 11.8. The summed E-state index contributed by atoms with van der Waals surface area (Å²) in [6.07, 6.45) is 2.19. The van der Waals surface area contributed by atoms with Crippen LogP contribution >= 0.6 is 0 Å². The first kappa shape index (κ1) is 15.8. The van der Waals surface area contributed by atoms with E-state index in [1.807, 2.05) is 13.8 Å². The molecule has 0 aliphatic carbocycles. The molecule has 0 aromatic carbocycles. The van der Waals surface area contributed by atoms with Crippen molar-refractivity contribution in [3.63, 3.8) is 0 Å². The Morgan fingerprint density at radius 1 is 1.47 bits per heavy atom. The highest BCUT2D eigenvalue weighted by atomic mass is 16.3. The molecule has 3 amide bonds. The fourth-order valence-corrected chi connectivity index (χ4v) is 2.48. The van der Waals surface area contributed by atoms with Crippen LogP contribution in [-0.2, 0) is 4.79 Å². The summed E-state index contributed by atoms with van der Waals surface area (Å²) in [5.41, 5.74) is 5.27. The Bertz CT molecular complexity index is 320. The first-order valence-corrected chi connectivity index (χ1v) is 6.93. The minimum atomic E-state index is -0.455. The summed E-state index contributed by atoms with van der Waals surface area (Å²) >= 11 is 0. The predicted octanol–water partition coefficient (Wildman–Crippen LogP) is 0.397. The molecule has 19 heavy (non-hydrogen) atoms. The largest absolute Gasteiger partial charge is 0.396 e. The Balaban J connectivity index is 2.65. The third kappa shape index (κ3) is 4.38. The molecule has 1 aliphatic rings. The number of primary amides is 1. The summed E-state index contributed by atoms with van der Waals surface area (Å²) in [7, 11) is 0. The zero-order chi connectivity index (χ0) is 14.4. The number of rotatable bonds is 5. The van der Waals surface area contributed by atoms with Crippen molar-refractivity contribution in [3.8, 4) is 0 Å². The monoisotopic (exact) mass is 271 g/mol. The minimum absolute atomic E-state index is 0.0643. The first-order chi connectivity index (χ1) is 8.97. The van der Waals surface area contributed by atoms with Crippen LogP contribution in [0.5, 0.6) is 0 Å². The maximum Gasteiger partial charge on any atom is 0.314 e. The van der Waals surface area contributed by atoms with E-state index < -0.39 is 6.03 Å². The third-order valence-electron chi connectivity index (χ3n) is 3.55. The molecule has 3 N–H and O–H groups in total. The van der Waals surface area contributed by atoms with Crippen LogP contribution in [0.3, 0.4) is 0 Å². The van der Waals surface area contributed by atoms with Crippen LogP contribution in [0.15, 0.2) is 0 Å². The second-order valence-electron chi connectivity index (χ2n) is 5.33. The molecule has 0 spiro atoms. The van der Waals surface area contributed by atoms with Crippen molar-refractivity contribution in [2.24, 2.45) is 11.7 Å². The first-order valence-electron chi connectivity index (χ1n) is 6.93. The Morgan fingerprint density at radius 3 is 2.68 bits per heavy atom. The standard InChI is InChI=1S/C13H25N3O3/c1-10(2)16(7-4-8-17)12(18)11-5-3-6-15(9-11)13(14)19/h10-11,17H,3-9H2,1-2H3,(H2,14,19). The van der Waals surface area contributed by atoms with Crippen molar-refractivity contribution >= 4 is 11.9 Å². The lowest BCUT2D eigenvalue weighted by Gasteiger charge is -2.35. The molecule has 0 radical (unpaired) electrons. The van der Waals surface area contributed by atoms with Gasteiger partial charge in [0.05, 0.1) is 5.92 Å². The number of piperidine rings is 1. The molecular formula is C13H25N3O3. The number of likely N-dealkylation sites (tertiary alicyclic amines) is 1. The molecular weight excluding hydrogens is 246 g/mol. The Morgan fingerprint density at radius 2 is 2.16 bits per heavy atom. The number of amides is 3. The molecule has 0 aromatic rings. The number of nitrogens with zero attached hydrogens (tertiary/aromatic N) is 2. The van der Waals surface area contributed by atoms with Crippen LogP contribution in [-0.4, -0.2) is 59.1 Å². The maximum atomic E-state index is 12.5. The number of hydrogen-bond acceptors (Lipinski definition) is 3. The second-order valence-corrected chi connectivity index (χ2v) is 5.33. The molecule has 1 fully saturated rings. The van der Waals surface area contributed by atoms with E-state index >= 15 is 0 Å². The molecule has 0 bridgehead atoms. The van der Waals surface area contributed by atoms with Gasteiger partial charge in [0.15, 0.2) is 0 Å². The van der Waals surface area contributed by atoms with Gasteiger partial charge in [-0.3, -0.25) is 4.79 Å². The quantitative estimate of drug-likeness (QED) is 0.758. The summed E-state index contributed by atoms with van der Waals surface area (Å²) in [6, 6.07) is -0.355. The Kier molecular flexibility index (Phi) is 6.08. The number of carbonyl (C=O) groups excluding carboxylic acids is 2. The van der Waals surface area contributed by atoms with Gasteiger partial charge >= 0.3 is 6.03 Å². The van der Waals surface area contributed by atoms with Gasteiger partial charge in [-0.25, -0.2) is 4.79 Å². The van der Waals surface area contributed by atoms with Crippen LogP contribution < -0.4 is 5.73 Å². The summed E-state index contributed by atoms with van der Waals surface area (Å²) in [5.74, 6) is -0.100. The van der Waals surface area contributed by atoms with Crippen molar-refractivity contribution in [1.82, 2.24) is 9.80 Å². The van der Waals surface area contributed by atoms with E-state index in [0.29, 0.717) is 26.1 Å². The highest BCUT2D eigenvalue weighted by Crippen LogP contribution is 2.20. The fraction of sp³-hybridized carbons (Fsp3) is 0.846. The average Bonchev–Trinajstić information content (AvgIpc) is 2.38. The van der Waals surface area contributed by atoms with Gasteiger partial charge in [0.1, 0.15) is 0 Å². The smallest absolute Gasteiger partial charge is 0.314 e. The van der Waals surface area contributed by atoms with Gasteiger partial charge < -0.3 is 20.6 Å². The van der Waals surface area contributed by atoms with E-state index in [1.54, 1.807) is 4.90 Å². The molecule has 1 aliphatic heterocycles. The van der Waals surface area contributed by atoms with E-state index in [4.69, 9.17) is 10.8 Å². The zero-order valence-electron chi connectivity index (χ0n) is 11.8. The molecule has 0 saturated carbocycles. The molecule has 6 nitrogen and oxygen atoms in total. The molecule has 0 aromatic heterocycles. The van der Waals surface area contributed by atoms with Crippen LogP contribution in [0.2, 0.25) is 0 Å². The second kappa shape index (κ2) is 7.33.